The van der Waals surface area contributed by atoms with Gasteiger partial charge in [-0.2, -0.15) is 0 Å². The maximum Gasteiger partial charge on any atom is 0.321 e. The number of nitrogens with one attached hydrogen (secondary N) is 1. The van der Waals surface area contributed by atoms with E-state index in [1.165, 1.54) is 0 Å². The number of piperazine rings is 1. The third-order valence-electron chi connectivity index (χ3n) is 6.79. The fourth-order valence-electron chi connectivity index (χ4n) is 4.78. The summed E-state index contributed by atoms with van der Waals surface area (Å²) in [6.07, 6.45) is 0. The molecule has 194 valence electrons. The number of methoxy groups -OCH3 is 1. The van der Waals surface area contributed by atoms with Gasteiger partial charge in [0.25, 0.3) is 5.91 Å². The molecule has 0 bridgehead atoms. The van der Waals surface area contributed by atoms with Gasteiger partial charge in [0.1, 0.15) is 5.75 Å². The predicted molar refractivity (Wildman–Crippen MR) is 150 cm³/mol. The summed E-state index contributed by atoms with van der Waals surface area (Å²) in [5.74, 6) is 0.706. The van der Waals surface area contributed by atoms with E-state index in [4.69, 9.17) is 16.3 Å². The number of halogens is 1. The molecule has 7 nitrogen and oxygen atoms in total. The molecular formula is C30H29ClN4O3. The van der Waals surface area contributed by atoms with Crippen LogP contribution in [0.4, 0.5) is 10.5 Å². The van der Waals surface area contributed by atoms with Gasteiger partial charge in [0.2, 0.25) is 0 Å². The van der Waals surface area contributed by atoms with Crippen molar-refractivity contribution in [2.24, 2.45) is 0 Å². The molecule has 0 aliphatic carbocycles. The fraction of sp³-hybridized carbons (Fsp3) is 0.200. The van der Waals surface area contributed by atoms with Gasteiger partial charge in [-0.15, -0.1) is 0 Å². The van der Waals surface area contributed by atoms with E-state index in [9.17, 15) is 9.59 Å². The van der Waals surface area contributed by atoms with E-state index in [0.29, 0.717) is 42.5 Å². The zero-order valence-corrected chi connectivity index (χ0v) is 22.1. The molecule has 1 fully saturated rings. The summed E-state index contributed by atoms with van der Waals surface area (Å²) in [4.78, 5) is 30.0. The highest BCUT2D eigenvalue weighted by Crippen LogP contribution is 2.32. The predicted octanol–water partition coefficient (Wildman–Crippen LogP) is 6.10. The summed E-state index contributed by atoms with van der Waals surface area (Å²) in [6.45, 7) is 3.76. The molecule has 0 unspecified atom stereocenters. The van der Waals surface area contributed by atoms with Crippen LogP contribution < -0.4 is 10.1 Å². The average molecular weight is 529 g/mol. The summed E-state index contributed by atoms with van der Waals surface area (Å²) in [7, 11) is 1.64. The Labute approximate surface area is 227 Å². The molecule has 1 aromatic heterocycles. The van der Waals surface area contributed by atoms with E-state index in [0.717, 1.165) is 28.4 Å². The van der Waals surface area contributed by atoms with Gasteiger partial charge >= 0.3 is 6.03 Å². The lowest BCUT2D eigenvalue weighted by atomic mass is 10.1. The topological polar surface area (TPSA) is 66.8 Å². The Kier molecular flexibility index (Phi) is 7.38. The SMILES string of the molecule is COc1cccc(-c2cc(C(=O)N3CCN(C(=O)Nc4cccc(Cl)c4)CC3)c(C)n2-c2ccccc2)c1. The van der Waals surface area contributed by atoms with Gasteiger partial charge in [-0.3, -0.25) is 4.79 Å². The van der Waals surface area contributed by atoms with Crippen LogP contribution in [0.25, 0.3) is 16.9 Å². The first-order valence-electron chi connectivity index (χ1n) is 12.5. The largest absolute Gasteiger partial charge is 0.497 e. The number of aromatic nitrogens is 1. The molecule has 5 rings (SSSR count). The monoisotopic (exact) mass is 528 g/mol. The molecule has 2 heterocycles. The molecule has 4 aromatic rings. The Hall–Kier alpha value is -4.23. The molecule has 1 aliphatic heterocycles. The van der Waals surface area contributed by atoms with E-state index in [2.05, 4.69) is 9.88 Å². The van der Waals surface area contributed by atoms with Crippen molar-refractivity contribution in [1.29, 1.82) is 0 Å². The number of carbonyl (C=O) groups excluding carboxylic acids is 2. The zero-order chi connectivity index (χ0) is 26.6. The van der Waals surface area contributed by atoms with E-state index in [1.54, 1.807) is 36.3 Å². The number of hydrogen-bond donors (Lipinski definition) is 1. The minimum Gasteiger partial charge on any atom is -0.497 e. The molecular weight excluding hydrogens is 500 g/mol. The Morgan fingerprint density at radius 1 is 0.842 bits per heavy atom. The van der Waals surface area contributed by atoms with Crippen LogP contribution in [0.5, 0.6) is 5.75 Å². The molecule has 1 saturated heterocycles. The van der Waals surface area contributed by atoms with Crippen LogP contribution in [0.3, 0.4) is 0 Å². The van der Waals surface area contributed by atoms with E-state index in [1.807, 2.05) is 72.5 Å². The number of amides is 3. The number of urea groups is 1. The van der Waals surface area contributed by atoms with Crippen molar-refractivity contribution >= 4 is 29.2 Å². The highest BCUT2D eigenvalue weighted by molar-refractivity contribution is 6.30. The molecule has 3 aromatic carbocycles. The van der Waals surface area contributed by atoms with Crippen LogP contribution in [0.1, 0.15) is 16.1 Å². The van der Waals surface area contributed by atoms with Crippen molar-refractivity contribution < 1.29 is 14.3 Å². The summed E-state index contributed by atoms with van der Waals surface area (Å²) in [5.41, 5.74) is 4.99. The lowest BCUT2D eigenvalue weighted by molar-refractivity contribution is 0.0671. The second-order valence-corrected chi connectivity index (χ2v) is 9.59. The molecule has 1 aliphatic rings. The smallest absolute Gasteiger partial charge is 0.321 e. The van der Waals surface area contributed by atoms with Crippen LogP contribution >= 0.6 is 11.6 Å². The first-order valence-corrected chi connectivity index (χ1v) is 12.9. The molecule has 0 saturated carbocycles. The Bertz CT molecular complexity index is 1460. The van der Waals surface area contributed by atoms with Gasteiger partial charge in [0, 0.05) is 53.8 Å². The van der Waals surface area contributed by atoms with Gasteiger partial charge < -0.3 is 24.4 Å². The number of nitrogens with zero attached hydrogens (tertiary/aromatic N) is 3. The van der Waals surface area contributed by atoms with Crippen LogP contribution in [0, 0.1) is 6.92 Å². The summed E-state index contributed by atoms with van der Waals surface area (Å²) in [6, 6.07) is 26.6. The number of ether oxygens (including phenoxy) is 1. The molecule has 0 atom stereocenters. The van der Waals surface area contributed by atoms with Gasteiger partial charge in [-0.1, -0.05) is 48.0 Å². The fourth-order valence-corrected chi connectivity index (χ4v) is 4.97. The minimum atomic E-state index is -0.203. The normalized spacial score (nSPS) is 13.3. The molecule has 8 heteroatoms. The van der Waals surface area contributed by atoms with Crippen LogP contribution in [-0.4, -0.2) is 59.6 Å². The maximum absolute atomic E-state index is 13.7. The zero-order valence-electron chi connectivity index (χ0n) is 21.4. The van der Waals surface area contributed by atoms with Gasteiger partial charge in [-0.05, 0) is 55.5 Å². The third-order valence-corrected chi connectivity index (χ3v) is 7.02. The van der Waals surface area contributed by atoms with Crippen molar-refractivity contribution in [3.05, 3.63) is 101 Å². The summed E-state index contributed by atoms with van der Waals surface area (Å²) < 4.78 is 7.55. The van der Waals surface area contributed by atoms with E-state index >= 15 is 0 Å². The Morgan fingerprint density at radius 3 is 2.26 bits per heavy atom. The summed E-state index contributed by atoms with van der Waals surface area (Å²) >= 11 is 6.03. The van der Waals surface area contributed by atoms with Crippen molar-refractivity contribution in [2.75, 3.05) is 38.6 Å². The Morgan fingerprint density at radius 2 is 1.55 bits per heavy atom. The van der Waals surface area contributed by atoms with Crippen LogP contribution in [-0.2, 0) is 0 Å². The lowest BCUT2D eigenvalue weighted by Gasteiger charge is -2.34. The van der Waals surface area contributed by atoms with Crippen molar-refractivity contribution in [3.8, 4) is 22.7 Å². The second-order valence-electron chi connectivity index (χ2n) is 9.15. The van der Waals surface area contributed by atoms with Crippen molar-refractivity contribution in [3.63, 3.8) is 0 Å². The molecule has 0 radical (unpaired) electrons. The second kappa shape index (κ2) is 11.0. The highest BCUT2D eigenvalue weighted by atomic mass is 35.5. The van der Waals surface area contributed by atoms with E-state index in [-0.39, 0.29) is 11.9 Å². The van der Waals surface area contributed by atoms with Crippen LogP contribution in [0.2, 0.25) is 5.02 Å². The number of para-hydroxylation sites is 1. The van der Waals surface area contributed by atoms with Crippen LogP contribution in [0.15, 0.2) is 84.9 Å². The highest BCUT2D eigenvalue weighted by Gasteiger charge is 2.28. The molecule has 1 N–H and O–H groups in total. The van der Waals surface area contributed by atoms with Crippen molar-refractivity contribution in [2.45, 2.75) is 6.92 Å². The average Bonchev–Trinajstić information content (AvgIpc) is 3.30. The van der Waals surface area contributed by atoms with Crippen molar-refractivity contribution in [1.82, 2.24) is 14.4 Å². The number of hydrogen-bond acceptors (Lipinski definition) is 3. The first-order chi connectivity index (χ1) is 18.4. The minimum absolute atomic E-state index is 0.0452. The first kappa shape index (κ1) is 25.4. The lowest BCUT2D eigenvalue weighted by Crippen LogP contribution is -2.51. The van der Waals surface area contributed by atoms with Gasteiger partial charge in [0.15, 0.2) is 0 Å². The number of benzene rings is 3. The number of rotatable bonds is 5. The molecule has 3 amide bonds. The maximum atomic E-state index is 13.7. The standard InChI is InChI=1S/C30H29ClN4O3/c1-21-27(20-28(22-8-6-13-26(18-22)38-2)35(21)25-11-4-3-5-12-25)29(36)33-14-16-34(17-15-33)30(37)32-24-10-7-9-23(31)19-24/h3-13,18-20H,14-17H2,1-2H3,(H,32,37). The molecule has 38 heavy (non-hydrogen) atoms. The quantitative estimate of drug-likeness (QED) is 0.340. The number of anilines is 1. The Balaban J connectivity index is 1.37. The van der Waals surface area contributed by atoms with Gasteiger partial charge in [0.05, 0.1) is 18.4 Å². The number of carbonyl (C=O) groups is 2. The van der Waals surface area contributed by atoms with Gasteiger partial charge in [-0.25, -0.2) is 4.79 Å². The molecule has 0 spiro atoms. The summed E-state index contributed by atoms with van der Waals surface area (Å²) in [5, 5.41) is 3.44. The third kappa shape index (κ3) is 5.24. The van der Waals surface area contributed by atoms with E-state index < -0.39 is 0 Å².